The first-order valence-electron chi connectivity index (χ1n) is 17.8. The monoisotopic (exact) mass is 678 g/mol. The molecule has 12 nitrogen and oxygen atoms in total. The molecule has 0 spiro atoms. The zero-order valence-electron chi connectivity index (χ0n) is 30.3. The Labute approximate surface area is 285 Å². The molecule has 272 valence electrons. The molecular weight excluding hydrogens is 620 g/mol. The zero-order valence-corrected chi connectivity index (χ0v) is 30.3. The molecule has 0 N–H and O–H groups in total. The van der Waals surface area contributed by atoms with Crippen molar-refractivity contribution in [2.24, 2.45) is 0 Å². The van der Waals surface area contributed by atoms with E-state index in [9.17, 15) is 4.79 Å². The third kappa shape index (κ3) is 9.88. The van der Waals surface area contributed by atoms with Gasteiger partial charge in [-0.05, 0) is 41.0 Å². The number of methoxy groups -OCH3 is 2. The number of oxazole rings is 2. The molecule has 7 atom stereocenters. The molecule has 0 aliphatic carbocycles. The third-order valence-corrected chi connectivity index (χ3v) is 9.55. The molecular formula is C36H58N2O10. The van der Waals surface area contributed by atoms with Crippen LogP contribution in [0.5, 0.6) is 0 Å². The number of hydrogen-bond acceptors (Lipinski definition) is 12. The Morgan fingerprint density at radius 2 is 1.50 bits per heavy atom. The molecule has 48 heavy (non-hydrogen) atoms. The summed E-state index contributed by atoms with van der Waals surface area (Å²) in [7, 11) is 3.11. The SMILES string of the molecule is CCCCCCCCCCCCCC(=O)O[C@@H](c1cnco1)c1nc([C@@H]2C[C@H]([C@H]3O[C@](C)(OC)[C@@](C)(OC)O[C@@H]3C)OC(C)(C)O2)co1. The van der Waals surface area contributed by atoms with Crippen molar-refractivity contribution in [3.63, 3.8) is 0 Å². The van der Waals surface area contributed by atoms with Crippen LogP contribution in [0, 0.1) is 0 Å². The van der Waals surface area contributed by atoms with Gasteiger partial charge in [0.1, 0.15) is 24.2 Å². The maximum atomic E-state index is 12.9. The van der Waals surface area contributed by atoms with Crippen LogP contribution in [-0.2, 0) is 38.0 Å². The molecule has 0 radical (unpaired) electrons. The topological polar surface area (TPSA) is 134 Å². The first-order valence-corrected chi connectivity index (χ1v) is 17.8. The number of esters is 1. The Balaban J connectivity index is 1.35. The predicted molar refractivity (Wildman–Crippen MR) is 176 cm³/mol. The number of carbonyl (C=O) groups is 1. The van der Waals surface area contributed by atoms with Crippen molar-refractivity contribution < 1.29 is 46.8 Å². The molecule has 2 fully saturated rings. The Kier molecular flexibility index (Phi) is 14.0. The highest BCUT2D eigenvalue weighted by Gasteiger charge is 2.58. The molecule has 2 aliphatic rings. The van der Waals surface area contributed by atoms with Gasteiger partial charge in [-0.25, -0.2) is 9.97 Å². The number of aromatic nitrogens is 2. The third-order valence-electron chi connectivity index (χ3n) is 9.55. The van der Waals surface area contributed by atoms with E-state index in [1.54, 1.807) is 28.1 Å². The second kappa shape index (κ2) is 17.5. The van der Waals surface area contributed by atoms with Crippen LogP contribution in [0.2, 0.25) is 0 Å². The van der Waals surface area contributed by atoms with Gasteiger partial charge in [-0.2, -0.15) is 0 Å². The number of carbonyl (C=O) groups excluding carboxylic acids is 1. The maximum Gasteiger partial charge on any atom is 0.307 e. The fourth-order valence-electron chi connectivity index (χ4n) is 6.54. The van der Waals surface area contributed by atoms with Gasteiger partial charge in [0.15, 0.2) is 17.9 Å². The number of rotatable bonds is 19. The summed E-state index contributed by atoms with van der Waals surface area (Å²) in [4.78, 5) is 21.7. The predicted octanol–water partition coefficient (Wildman–Crippen LogP) is 8.11. The fourth-order valence-corrected chi connectivity index (χ4v) is 6.54. The summed E-state index contributed by atoms with van der Waals surface area (Å²) in [6, 6.07) is 0. The molecule has 0 bridgehead atoms. The van der Waals surface area contributed by atoms with Crippen LogP contribution < -0.4 is 0 Å². The minimum atomic E-state index is -1.19. The van der Waals surface area contributed by atoms with Crippen LogP contribution in [0.3, 0.4) is 0 Å². The number of hydrogen-bond donors (Lipinski definition) is 0. The average molecular weight is 679 g/mol. The highest BCUT2D eigenvalue weighted by atomic mass is 16.8. The highest BCUT2D eigenvalue weighted by Crippen LogP contribution is 2.45. The molecule has 0 amide bonds. The van der Waals surface area contributed by atoms with Gasteiger partial charge >= 0.3 is 5.97 Å². The Morgan fingerprint density at radius 1 is 0.875 bits per heavy atom. The summed E-state index contributed by atoms with van der Waals surface area (Å²) in [6.07, 6.45) is 15.4. The molecule has 0 saturated carbocycles. The number of unbranched alkanes of at least 4 members (excludes halogenated alkanes) is 10. The first kappa shape index (κ1) is 38.5. The van der Waals surface area contributed by atoms with Gasteiger partial charge in [0.05, 0.1) is 18.4 Å². The van der Waals surface area contributed by atoms with Gasteiger partial charge in [0.2, 0.25) is 23.6 Å². The number of ether oxygens (including phenoxy) is 7. The van der Waals surface area contributed by atoms with E-state index in [1.807, 2.05) is 20.8 Å². The van der Waals surface area contributed by atoms with Gasteiger partial charge in [-0.3, -0.25) is 4.79 Å². The van der Waals surface area contributed by atoms with Crippen molar-refractivity contribution in [1.82, 2.24) is 9.97 Å². The summed E-state index contributed by atoms with van der Waals surface area (Å²) >= 11 is 0. The van der Waals surface area contributed by atoms with Crippen molar-refractivity contribution in [3.8, 4) is 0 Å². The van der Waals surface area contributed by atoms with E-state index < -0.39 is 41.8 Å². The lowest BCUT2D eigenvalue weighted by atomic mass is 9.95. The zero-order chi connectivity index (χ0) is 34.8. The first-order chi connectivity index (χ1) is 22.9. The minimum absolute atomic E-state index is 0.173. The van der Waals surface area contributed by atoms with Crippen molar-refractivity contribution in [3.05, 3.63) is 36.2 Å². The lowest BCUT2D eigenvalue weighted by molar-refractivity contribution is -0.460. The summed E-state index contributed by atoms with van der Waals surface area (Å²) in [5, 5.41) is 0. The normalized spacial score (nSPS) is 29.5. The maximum absolute atomic E-state index is 12.9. The van der Waals surface area contributed by atoms with Crippen LogP contribution in [0.25, 0.3) is 0 Å². The van der Waals surface area contributed by atoms with Gasteiger partial charge in [0, 0.05) is 27.1 Å². The second-order valence-corrected chi connectivity index (χ2v) is 13.8. The fraction of sp³-hybridized carbons (Fsp3) is 0.806. The summed E-state index contributed by atoms with van der Waals surface area (Å²) in [6.45, 7) is 11.4. The lowest BCUT2D eigenvalue weighted by Gasteiger charge is -2.54. The molecule has 4 rings (SSSR count). The van der Waals surface area contributed by atoms with Gasteiger partial charge in [-0.15, -0.1) is 0 Å². The van der Waals surface area contributed by atoms with E-state index in [1.165, 1.54) is 70.2 Å². The van der Waals surface area contributed by atoms with Crippen LogP contribution in [-0.4, -0.2) is 65.8 Å². The molecule has 2 aromatic rings. The average Bonchev–Trinajstić information content (AvgIpc) is 3.77. The minimum Gasteiger partial charge on any atom is -0.445 e. The van der Waals surface area contributed by atoms with Gasteiger partial charge in [-0.1, -0.05) is 71.1 Å². The Bertz CT molecular complexity index is 1240. The van der Waals surface area contributed by atoms with Crippen molar-refractivity contribution >= 4 is 5.97 Å². The van der Waals surface area contributed by atoms with Crippen molar-refractivity contribution in [2.75, 3.05) is 14.2 Å². The Hall–Kier alpha value is -2.35. The second-order valence-electron chi connectivity index (χ2n) is 13.8. The van der Waals surface area contributed by atoms with Crippen molar-refractivity contribution in [1.29, 1.82) is 0 Å². The summed E-state index contributed by atoms with van der Waals surface area (Å²) in [5.74, 6) is -3.15. The van der Waals surface area contributed by atoms with Gasteiger partial charge in [0.25, 0.3) is 0 Å². The van der Waals surface area contributed by atoms with E-state index in [2.05, 4.69) is 11.9 Å². The van der Waals surface area contributed by atoms with E-state index >= 15 is 0 Å². The number of nitrogens with zero attached hydrogens (tertiary/aromatic N) is 2. The van der Waals surface area contributed by atoms with Crippen LogP contribution >= 0.6 is 0 Å². The van der Waals surface area contributed by atoms with E-state index in [0.29, 0.717) is 24.3 Å². The van der Waals surface area contributed by atoms with Gasteiger partial charge < -0.3 is 42.0 Å². The molecule has 0 aromatic carbocycles. The highest BCUT2D eigenvalue weighted by molar-refractivity contribution is 5.69. The van der Waals surface area contributed by atoms with Crippen LogP contribution in [0.15, 0.2) is 27.7 Å². The largest absolute Gasteiger partial charge is 0.445 e. The smallest absolute Gasteiger partial charge is 0.307 e. The molecule has 4 heterocycles. The summed E-state index contributed by atoms with van der Waals surface area (Å²) < 4.78 is 54.1. The molecule has 0 unspecified atom stereocenters. The standard InChI is InChI=1S/C36H58N2O10/c1-9-10-11-12-13-14-15-16-17-18-19-20-30(39)44-32(29-22-37-24-43-29)33-38-26(23-42-33)27-21-28(47-34(3,4)46-27)31-25(2)45-35(5,40-7)36(6,41-8)48-31/h22-25,27-28,31-32H,9-21H2,1-8H3/t25-,27+,28-,31+,32+,35+,36+/m1/s1. The van der Waals surface area contributed by atoms with E-state index in [-0.39, 0.29) is 18.0 Å². The molecule has 2 aliphatic heterocycles. The molecule has 2 aromatic heterocycles. The van der Waals surface area contributed by atoms with E-state index in [4.69, 9.17) is 47.0 Å². The quantitative estimate of drug-likeness (QED) is 0.105. The van der Waals surface area contributed by atoms with Crippen LogP contribution in [0.1, 0.15) is 155 Å². The molecule has 12 heteroatoms. The van der Waals surface area contributed by atoms with Crippen molar-refractivity contribution in [2.45, 2.75) is 173 Å². The lowest BCUT2D eigenvalue weighted by Crippen LogP contribution is -2.67. The molecule has 2 saturated heterocycles. The van der Waals surface area contributed by atoms with E-state index in [0.717, 1.165) is 19.3 Å². The Morgan fingerprint density at radius 3 is 2.10 bits per heavy atom. The summed E-state index contributed by atoms with van der Waals surface area (Å²) in [5.41, 5.74) is 0.526. The van der Waals surface area contributed by atoms with Crippen LogP contribution in [0.4, 0.5) is 0 Å².